The zero-order valence-electron chi connectivity index (χ0n) is 20.2. The Bertz CT molecular complexity index is 861. The maximum Gasteiger partial charge on any atom is 0.162 e. The minimum absolute atomic E-state index is 0.448. The van der Waals surface area contributed by atoms with Crippen LogP contribution in [-0.4, -0.2) is 34.2 Å². The zero-order valence-corrected chi connectivity index (χ0v) is 20.2. The van der Waals surface area contributed by atoms with Gasteiger partial charge in [-0.3, -0.25) is 4.68 Å². The number of fused-ring (bicyclic) bond motifs is 5. The summed E-state index contributed by atoms with van der Waals surface area (Å²) in [5.41, 5.74) is 0.386. The highest BCUT2D eigenvalue weighted by atomic mass is 16.5. The standard InChI is InChI=1S/C27H41N3O2/c1-18(16-30-13-10-20(15-28)29-30)24-6-7-25-23-5-4-19-14-27(31,17-32-3)12-9-21(19)22(23)8-11-26(24,25)2/h10,13,18-19,21-25,31H,4-9,11-12,14,16-17H2,1-3H3/t18-,19+,21-,22+,23+,24+,25-,26+,27+/m0/s1. The molecule has 4 aliphatic carbocycles. The first kappa shape index (κ1) is 22.4. The van der Waals surface area contributed by atoms with Crippen molar-refractivity contribution in [3.63, 3.8) is 0 Å². The number of nitrogens with zero attached hydrogens (tertiary/aromatic N) is 3. The average molecular weight is 440 g/mol. The molecule has 0 aliphatic heterocycles. The maximum atomic E-state index is 11.0. The summed E-state index contributed by atoms with van der Waals surface area (Å²) in [7, 11) is 1.72. The Morgan fingerprint density at radius 1 is 1.19 bits per heavy atom. The fourth-order valence-corrected chi connectivity index (χ4v) is 9.28. The molecule has 0 radical (unpaired) electrons. The van der Waals surface area contributed by atoms with Gasteiger partial charge in [0.2, 0.25) is 0 Å². The largest absolute Gasteiger partial charge is 0.387 e. The number of aliphatic hydroxyl groups is 1. The van der Waals surface area contributed by atoms with Gasteiger partial charge in [0.1, 0.15) is 6.07 Å². The average Bonchev–Trinajstić information content (AvgIpc) is 3.36. The third kappa shape index (κ3) is 3.72. The molecule has 0 amide bonds. The van der Waals surface area contributed by atoms with Crippen LogP contribution in [0.2, 0.25) is 0 Å². The number of ether oxygens (including phenoxy) is 1. The van der Waals surface area contributed by atoms with Crippen molar-refractivity contribution >= 4 is 0 Å². The number of hydrogen-bond donors (Lipinski definition) is 1. The van der Waals surface area contributed by atoms with E-state index in [9.17, 15) is 5.11 Å². The number of aromatic nitrogens is 2. The van der Waals surface area contributed by atoms with Crippen molar-refractivity contribution in [1.82, 2.24) is 9.78 Å². The first-order valence-electron chi connectivity index (χ1n) is 13.0. The lowest BCUT2D eigenvalue weighted by molar-refractivity contribution is -0.126. The molecule has 0 unspecified atom stereocenters. The molecule has 5 heteroatoms. The Hall–Kier alpha value is -1.38. The number of rotatable bonds is 5. The molecule has 1 aromatic heterocycles. The van der Waals surface area contributed by atoms with Crippen molar-refractivity contribution in [2.75, 3.05) is 13.7 Å². The first-order valence-corrected chi connectivity index (χ1v) is 13.0. The summed E-state index contributed by atoms with van der Waals surface area (Å²) in [6, 6.07) is 3.98. The summed E-state index contributed by atoms with van der Waals surface area (Å²) in [6.07, 6.45) is 13.2. The Kier molecular flexibility index (Phi) is 5.91. The molecule has 176 valence electrons. The minimum Gasteiger partial charge on any atom is -0.387 e. The highest BCUT2D eigenvalue weighted by molar-refractivity contribution is 5.16. The van der Waals surface area contributed by atoms with Crippen LogP contribution in [0.1, 0.15) is 77.3 Å². The van der Waals surface area contributed by atoms with Gasteiger partial charge in [-0.25, -0.2) is 0 Å². The van der Waals surface area contributed by atoms with Gasteiger partial charge in [0.15, 0.2) is 5.69 Å². The van der Waals surface area contributed by atoms with Crippen molar-refractivity contribution in [2.24, 2.45) is 46.8 Å². The van der Waals surface area contributed by atoms with E-state index >= 15 is 0 Å². The lowest BCUT2D eigenvalue weighted by Gasteiger charge is -2.57. The predicted octanol–water partition coefficient (Wildman–Crippen LogP) is 5.04. The smallest absolute Gasteiger partial charge is 0.162 e. The Balaban J connectivity index is 1.27. The van der Waals surface area contributed by atoms with Crippen molar-refractivity contribution in [2.45, 2.75) is 83.8 Å². The summed E-state index contributed by atoms with van der Waals surface area (Å²) >= 11 is 0. The third-order valence-electron chi connectivity index (χ3n) is 10.5. The van der Waals surface area contributed by atoms with Crippen molar-refractivity contribution < 1.29 is 9.84 Å². The van der Waals surface area contributed by atoms with Crippen LogP contribution in [0, 0.1) is 58.2 Å². The van der Waals surface area contributed by atoms with Crippen molar-refractivity contribution in [3.05, 3.63) is 18.0 Å². The van der Waals surface area contributed by atoms with E-state index < -0.39 is 5.60 Å². The summed E-state index contributed by atoms with van der Waals surface area (Å²) in [5.74, 6) is 5.47. The summed E-state index contributed by atoms with van der Waals surface area (Å²) in [4.78, 5) is 0. The molecule has 32 heavy (non-hydrogen) atoms. The number of methoxy groups -OCH3 is 1. The van der Waals surface area contributed by atoms with Crippen LogP contribution in [0.4, 0.5) is 0 Å². The van der Waals surface area contributed by atoms with Gasteiger partial charge < -0.3 is 9.84 Å². The molecule has 4 aliphatic rings. The SMILES string of the molecule is COC[C@@]1(O)CC[C@H]2[C@H](CC[C@@H]3[C@@H]2CC[C@]2(C)[C@@H]([C@@H](C)Cn4ccc(C#N)n4)CC[C@@H]32)C1. The molecule has 0 spiro atoms. The van der Waals surface area contributed by atoms with E-state index in [1.54, 1.807) is 7.11 Å². The zero-order chi connectivity index (χ0) is 22.5. The molecule has 5 nitrogen and oxygen atoms in total. The Labute approximate surface area is 193 Å². The normalized spacial score (nSPS) is 44.2. The molecule has 1 N–H and O–H groups in total. The lowest BCUT2D eigenvalue weighted by atomic mass is 9.48. The molecule has 4 fully saturated rings. The molecular weight excluding hydrogens is 398 g/mol. The van der Waals surface area contributed by atoms with Gasteiger partial charge in [-0.15, -0.1) is 0 Å². The molecule has 0 bridgehead atoms. The van der Waals surface area contributed by atoms with Crippen molar-refractivity contribution in [3.8, 4) is 6.07 Å². The summed E-state index contributed by atoms with van der Waals surface area (Å²) in [5, 5.41) is 24.5. The topological polar surface area (TPSA) is 71.1 Å². The van der Waals surface area contributed by atoms with Crippen molar-refractivity contribution in [1.29, 1.82) is 5.26 Å². The second-order valence-corrected chi connectivity index (χ2v) is 12.1. The second kappa shape index (κ2) is 8.44. The highest BCUT2D eigenvalue weighted by Gasteiger charge is 2.58. The quantitative estimate of drug-likeness (QED) is 0.698. The first-order chi connectivity index (χ1) is 15.4. The van der Waals surface area contributed by atoms with Crippen LogP contribution in [0.5, 0.6) is 0 Å². The summed E-state index contributed by atoms with van der Waals surface area (Å²) in [6.45, 7) is 6.44. The van der Waals surface area contributed by atoms with Crippen LogP contribution in [0.25, 0.3) is 0 Å². The van der Waals surface area contributed by atoms with Crippen LogP contribution >= 0.6 is 0 Å². The van der Waals surface area contributed by atoms with Gasteiger partial charge in [-0.05, 0) is 111 Å². The van der Waals surface area contributed by atoms with E-state index in [4.69, 9.17) is 10.00 Å². The van der Waals surface area contributed by atoms with Crippen LogP contribution in [0.3, 0.4) is 0 Å². The predicted molar refractivity (Wildman–Crippen MR) is 124 cm³/mol. The van der Waals surface area contributed by atoms with Gasteiger partial charge in [-0.1, -0.05) is 13.8 Å². The number of hydrogen-bond acceptors (Lipinski definition) is 4. The Morgan fingerprint density at radius 3 is 2.75 bits per heavy atom. The van der Waals surface area contributed by atoms with Gasteiger partial charge in [0.25, 0.3) is 0 Å². The summed E-state index contributed by atoms with van der Waals surface area (Å²) < 4.78 is 7.34. The highest BCUT2D eigenvalue weighted by Crippen LogP contribution is 2.65. The number of nitriles is 1. The molecule has 0 aromatic carbocycles. The molecule has 1 heterocycles. The molecule has 4 saturated carbocycles. The third-order valence-corrected chi connectivity index (χ3v) is 10.5. The molecule has 9 atom stereocenters. The lowest BCUT2D eigenvalue weighted by Crippen LogP contribution is -2.52. The van der Waals surface area contributed by atoms with E-state index in [0.29, 0.717) is 29.6 Å². The molecular formula is C27H41N3O2. The van der Waals surface area contributed by atoms with Gasteiger partial charge >= 0.3 is 0 Å². The van der Waals surface area contributed by atoms with E-state index in [0.717, 1.165) is 49.0 Å². The monoisotopic (exact) mass is 439 g/mol. The molecule has 1 aromatic rings. The minimum atomic E-state index is -0.586. The molecule has 5 rings (SSSR count). The molecule has 0 saturated heterocycles. The van der Waals surface area contributed by atoms with E-state index in [2.05, 4.69) is 25.0 Å². The maximum absolute atomic E-state index is 11.0. The van der Waals surface area contributed by atoms with E-state index in [-0.39, 0.29) is 0 Å². The fourth-order valence-electron chi connectivity index (χ4n) is 9.28. The Morgan fingerprint density at radius 2 is 2.00 bits per heavy atom. The van der Waals surface area contributed by atoms with Crippen LogP contribution in [-0.2, 0) is 11.3 Å². The fraction of sp³-hybridized carbons (Fsp3) is 0.852. The van der Waals surface area contributed by atoms with Crippen LogP contribution < -0.4 is 0 Å². The van der Waals surface area contributed by atoms with Crippen LogP contribution in [0.15, 0.2) is 12.3 Å². The van der Waals surface area contributed by atoms with Gasteiger partial charge in [0, 0.05) is 19.9 Å². The van der Waals surface area contributed by atoms with E-state index in [1.807, 2.05) is 16.9 Å². The van der Waals surface area contributed by atoms with Gasteiger partial charge in [0.05, 0.1) is 12.2 Å². The second-order valence-electron chi connectivity index (χ2n) is 12.1. The van der Waals surface area contributed by atoms with E-state index in [1.165, 1.54) is 44.9 Å². The van der Waals surface area contributed by atoms with Gasteiger partial charge in [-0.2, -0.15) is 10.4 Å².